The van der Waals surface area contributed by atoms with Gasteiger partial charge in [0.2, 0.25) is 5.91 Å². The molecule has 1 amide bonds. The van der Waals surface area contributed by atoms with Crippen LogP contribution in [-0.4, -0.2) is 23.5 Å². The molecule has 1 aromatic carbocycles. The number of amides is 1. The Hall–Kier alpha value is -1.55. The zero-order chi connectivity index (χ0) is 12.0. The summed E-state index contributed by atoms with van der Waals surface area (Å²) in [6.45, 7) is 0.409. The number of nitrogens with one attached hydrogen (secondary N) is 1. The van der Waals surface area contributed by atoms with Gasteiger partial charge < -0.3 is 10.4 Å². The zero-order valence-electron chi connectivity index (χ0n) is 8.57. The number of benzene rings is 1. The molecule has 1 rings (SSSR count). The van der Waals surface area contributed by atoms with E-state index in [1.165, 1.54) is 0 Å². The van der Waals surface area contributed by atoms with Gasteiger partial charge in [0.25, 0.3) is 0 Å². The Kier molecular flexibility index (Phi) is 4.79. The van der Waals surface area contributed by atoms with Crippen LogP contribution in [0.3, 0.4) is 0 Å². The number of aliphatic carboxylic acids is 1. The van der Waals surface area contributed by atoms with E-state index in [-0.39, 0.29) is 0 Å². The lowest BCUT2D eigenvalue weighted by atomic mass is 10.1. The maximum Gasteiger partial charge on any atom is 0.312 e. The molecular formula is C11H12ClNO3. The molecular weight excluding hydrogens is 230 g/mol. The Bertz CT molecular complexity index is 393. The molecule has 0 atom stereocenters. The minimum absolute atomic E-state index is 0.409. The van der Waals surface area contributed by atoms with Crippen molar-refractivity contribution in [2.24, 2.45) is 0 Å². The third kappa shape index (κ3) is 4.79. The van der Waals surface area contributed by atoms with Crippen molar-refractivity contribution in [1.29, 1.82) is 0 Å². The van der Waals surface area contributed by atoms with Crippen LogP contribution in [0.2, 0.25) is 5.02 Å². The molecule has 0 spiro atoms. The van der Waals surface area contributed by atoms with E-state index < -0.39 is 18.3 Å². The van der Waals surface area contributed by atoms with Crippen molar-refractivity contribution in [3.05, 3.63) is 34.9 Å². The van der Waals surface area contributed by atoms with Crippen LogP contribution in [0.5, 0.6) is 0 Å². The third-order valence-electron chi connectivity index (χ3n) is 1.94. The monoisotopic (exact) mass is 241 g/mol. The molecule has 0 aromatic heterocycles. The predicted molar refractivity (Wildman–Crippen MR) is 60.4 cm³/mol. The zero-order valence-corrected chi connectivity index (χ0v) is 9.33. The summed E-state index contributed by atoms with van der Waals surface area (Å²) in [4.78, 5) is 21.2. The minimum atomic E-state index is -1.12. The van der Waals surface area contributed by atoms with Crippen molar-refractivity contribution >= 4 is 23.5 Å². The number of carboxylic acid groups (broad SMARTS) is 1. The lowest BCUT2D eigenvalue weighted by Crippen LogP contribution is -2.27. The standard InChI is InChI=1S/C11H12ClNO3/c12-9-3-1-2-8(6-9)4-5-13-10(14)7-11(15)16/h1-3,6H,4-5,7H2,(H,13,14)(H,15,16). The molecule has 0 radical (unpaired) electrons. The molecule has 0 unspecified atom stereocenters. The molecule has 4 nitrogen and oxygen atoms in total. The van der Waals surface area contributed by atoms with E-state index in [0.29, 0.717) is 18.0 Å². The Morgan fingerprint density at radius 3 is 2.75 bits per heavy atom. The normalized spacial score (nSPS) is 9.81. The number of hydrogen-bond acceptors (Lipinski definition) is 2. The van der Waals surface area contributed by atoms with Gasteiger partial charge in [-0.15, -0.1) is 0 Å². The Morgan fingerprint density at radius 1 is 1.38 bits per heavy atom. The highest BCUT2D eigenvalue weighted by Gasteiger charge is 2.06. The van der Waals surface area contributed by atoms with Crippen LogP contribution in [0.4, 0.5) is 0 Å². The molecule has 0 aliphatic carbocycles. The average molecular weight is 242 g/mol. The summed E-state index contributed by atoms with van der Waals surface area (Å²) in [5.74, 6) is -1.60. The maximum atomic E-state index is 11.0. The summed E-state index contributed by atoms with van der Waals surface area (Å²) in [5, 5.41) is 11.5. The number of carbonyl (C=O) groups is 2. The second kappa shape index (κ2) is 6.12. The highest BCUT2D eigenvalue weighted by Crippen LogP contribution is 2.10. The largest absolute Gasteiger partial charge is 0.481 e. The number of halogens is 1. The molecule has 0 aliphatic heterocycles. The molecule has 2 N–H and O–H groups in total. The van der Waals surface area contributed by atoms with E-state index in [4.69, 9.17) is 16.7 Å². The molecule has 0 bridgehead atoms. The fourth-order valence-electron chi connectivity index (χ4n) is 1.24. The van der Waals surface area contributed by atoms with Gasteiger partial charge in [0, 0.05) is 11.6 Å². The van der Waals surface area contributed by atoms with Crippen molar-refractivity contribution in [1.82, 2.24) is 5.32 Å². The first-order valence-electron chi connectivity index (χ1n) is 4.81. The van der Waals surface area contributed by atoms with Gasteiger partial charge in [-0.1, -0.05) is 23.7 Å². The molecule has 0 heterocycles. The van der Waals surface area contributed by atoms with Crippen molar-refractivity contribution in [3.8, 4) is 0 Å². The van der Waals surface area contributed by atoms with Crippen LogP contribution in [0, 0.1) is 0 Å². The fraction of sp³-hybridized carbons (Fsp3) is 0.273. The fourth-order valence-corrected chi connectivity index (χ4v) is 1.45. The smallest absolute Gasteiger partial charge is 0.312 e. The first-order valence-corrected chi connectivity index (χ1v) is 5.18. The topological polar surface area (TPSA) is 66.4 Å². The summed E-state index contributed by atoms with van der Waals surface area (Å²) in [6, 6.07) is 7.31. The summed E-state index contributed by atoms with van der Waals surface area (Å²) >= 11 is 5.79. The SMILES string of the molecule is O=C(O)CC(=O)NCCc1cccc(Cl)c1. The summed E-state index contributed by atoms with van der Waals surface area (Å²) < 4.78 is 0. The highest BCUT2D eigenvalue weighted by molar-refractivity contribution is 6.30. The van der Waals surface area contributed by atoms with E-state index in [2.05, 4.69) is 5.32 Å². The van der Waals surface area contributed by atoms with Crippen molar-refractivity contribution in [3.63, 3.8) is 0 Å². The van der Waals surface area contributed by atoms with Gasteiger partial charge in [0.05, 0.1) is 0 Å². The van der Waals surface area contributed by atoms with Crippen molar-refractivity contribution in [2.75, 3.05) is 6.54 Å². The van der Waals surface area contributed by atoms with Gasteiger partial charge in [-0.2, -0.15) is 0 Å². The van der Waals surface area contributed by atoms with Crippen LogP contribution in [-0.2, 0) is 16.0 Å². The first kappa shape index (κ1) is 12.5. The van der Waals surface area contributed by atoms with Crippen LogP contribution < -0.4 is 5.32 Å². The molecule has 0 saturated carbocycles. The molecule has 1 aromatic rings. The number of rotatable bonds is 5. The Balaban J connectivity index is 2.30. The molecule has 0 fully saturated rings. The van der Waals surface area contributed by atoms with Crippen LogP contribution in [0.1, 0.15) is 12.0 Å². The lowest BCUT2D eigenvalue weighted by molar-refractivity contribution is -0.140. The second-order valence-electron chi connectivity index (χ2n) is 3.30. The summed E-state index contributed by atoms with van der Waals surface area (Å²) in [6.07, 6.45) is 0.140. The molecule has 86 valence electrons. The van der Waals surface area contributed by atoms with E-state index in [1.54, 1.807) is 6.07 Å². The number of carbonyl (C=O) groups excluding carboxylic acids is 1. The summed E-state index contributed by atoms with van der Waals surface area (Å²) in [7, 11) is 0. The maximum absolute atomic E-state index is 11.0. The summed E-state index contributed by atoms with van der Waals surface area (Å²) in [5.41, 5.74) is 1.00. The first-order chi connectivity index (χ1) is 7.58. The molecule has 16 heavy (non-hydrogen) atoms. The Labute approximate surface area is 98.2 Å². The van der Waals surface area contributed by atoms with Gasteiger partial charge in [-0.05, 0) is 24.1 Å². The van der Waals surface area contributed by atoms with Crippen molar-refractivity contribution in [2.45, 2.75) is 12.8 Å². The predicted octanol–water partition coefficient (Wildman–Crippen LogP) is 1.47. The average Bonchev–Trinajstić information content (AvgIpc) is 2.16. The van der Waals surface area contributed by atoms with Gasteiger partial charge in [-0.25, -0.2) is 0 Å². The van der Waals surface area contributed by atoms with Gasteiger partial charge in [0.1, 0.15) is 6.42 Å². The van der Waals surface area contributed by atoms with E-state index >= 15 is 0 Å². The van der Waals surface area contributed by atoms with Gasteiger partial charge >= 0.3 is 5.97 Å². The van der Waals surface area contributed by atoms with Crippen LogP contribution in [0.15, 0.2) is 24.3 Å². The van der Waals surface area contributed by atoms with Gasteiger partial charge in [-0.3, -0.25) is 9.59 Å². The lowest BCUT2D eigenvalue weighted by Gasteiger charge is -2.04. The van der Waals surface area contributed by atoms with Crippen molar-refractivity contribution < 1.29 is 14.7 Å². The highest BCUT2D eigenvalue weighted by atomic mass is 35.5. The Morgan fingerprint density at radius 2 is 2.12 bits per heavy atom. The van der Waals surface area contributed by atoms with E-state index in [1.807, 2.05) is 18.2 Å². The van der Waals surface area contributed by atoms with E-state index in [0.717, 1.165) is 5.56 Å². The minimum Gasteiger partial charge on any atom is -0.481 e. The van der Waals surface area contributed by atoms with E-state index in [9.17, 15) is 9.59 Å². The second-order valence-corrected chi connectivity index (χ2v) is 3.74. The number of carboxylic acids is 1. The van der Waals surface area contributed by atoms with Crippen LogP contribution >= 0.6 is 11.6 Å². The number of hydrogen-bond donors (Lipinski definition) is 2. The van der Waals surface area contributed by atoms with Crippen LogP contribution in [0.25, 0.3) is 0 Å². The molecule has 0 saturated heterocycles. The quantitative estimate of drug-likeness (QED) is 0.768. The third-order valence-corrected chi connectivity index (χ3v) is 2.17. The molecule has 0 aliphatic rings. The van der Waals surface area contributed by atoms with Gasteiger partial charge in [0.15, 0.2) is 0 Å². The molecule has 5 heteroatoms.